The van der Waals surface area contributed by atoms with Gasteiger partial charge in [-0.3, -0.25) is 0 Å². The summed E-state index contributed by atoms with van der Waals surface area (Å²) in [6, 6.07) is 133. The van der Waals surface area contributed by atoms with Gasteiger partial charge in [-0.15, -0.1) is 0 Å². The van der Waals surface area contributed by atoms with Crippen molar-refractivity contribution in [2.75, 3.05) is 0 Å². The van der Waals surface area contributed by atoms with E-state index in [1.165, 1.54) is 239 Å². The lowest BCUT2D eigenvalue weighted by Crippen LogP contribution is -1.84. The number of aromatic nitrogens is 4. The molecule has 0 fully saturated rings. The Morgan fingerprint density at radius 2 is 0.259 bits per heavy atom. The van der Waals surface area contributed by atoms with E-state index >= 15 is 0 Å². The minimum atomic E-state index is 1.29. The molecule has 28 aromatic rings. The van der Waals surface area contributed by atoms with Crippen LogP contribution in [-0.2, 0) is 0 Å². The van der Waals surface area contributed by atoms with Crippen LogP contribution in [0.1, 0.15) is 0 Å². The van der Waals surface area contributed by atoms with Crippen molar-refractivity contribution in [1.29, 1.82) is 0 Å². The van der Waals surface area contributed by atoms with E-state index in [4.69, 9.17) is 0 Å². The highest BCUT2D eigenvalue weighted by Gasteiger charge is 2.25. The van der Waals surface area contributed by atoms with Gasteiger partial charge in [-0.2, -0.15) is 0 Å². The predicted octanol–water partition coefficient (Wildman–Crippen LogP) is 28.6. The molecule has 0 bridgehead atoms. The van der Waals surface area contributed by atoms with E-state index in [2.05, 4.69) is 382 Å². The fraction of sp³-hybridized carbons (Fsp3) is 0. The molecule has 0 saturated carbocycles. The van der Waals surface area contributed by atoms with Gasteiger partial charge in [0.25, 0.3) is 0 Å². The molecule has 4 nitrogen and oxygen atoms in total. The number of fused-ring (bicyclic) bond motifs is 38. The molecule has 8 heterocycles. The Labute approximate surface area is 616 Å². The third-order valence-electron chi connectivity index (χ3n) is 24.3. The Hall–Kier alpha value is -14.3. The molecular weight excluding hydrogens is 1310 g/mol. The third kappa shape index (κ3) is 7.76. The van der Waals surface area contributed by atoms with E-state index in [0.29, 0.717) is 0 Å². The number of hydrogen-bond acceptors (Lipinski definition) is 0. The minimum absolute atomic E-state index is 1.29. The van der Waals surface area contributed by atoms with Crippen LogP contribution in [0.2, 0.25) is 0 Å². The molecular formula is C104H60N4. The van der Waals surface area contributed by atoms with Crippen LogP contribution in [0, 0.1) is 0 Å². The van der Waals surface area contributed by atoms with Gasteiger partial charge in [0.15, 0.2) is 0 Å². The van der Waals surface area contributed by atoms with E-state index in [0.717, 1.165) is 0 Å². The molecule has 0 radical (unpaired) electrons. The van der Waals surface area contributed by atoms with Gasteiger partial charge < -0.3 is 17.6 Å². The Kier molecular flexibility index (Phi) is 11.6. The lowest BCUT2D eigenvalue weighted by Gasteiger charge is -2.05. The van der Waals surface area contributed by atoms with Gasteiger partial charge in [0.05, 0.1) is 66.2 Å². The monoisotopic (exact) mass is 1360 g/mol. The topological polar surface area (TPSA) is 17.6 Å². The molecule has 28 rings (SSSR count). The molecule has 0 aliphatic carbocycles. The first-order valence-corrected chi connectivity index (χ1v) is 37.6. The number of para-hydroxylation sites is 4. The SMILES string of the molecule is c1ccc2c(c1)ccc1c3cccc4c5ccc6ccccc6c5n(c21)c34.c1ccc2c(c1)ccc1c3cccc4c5ccc6ccccc6c5n(c21)c34.c1ccc2c(c1)ccc1c3cccc4c5ccc6ccccc6c5n(c21)c34.c1ccc2cc3c(cc2c1)c1cccc2c4cc5ccccc5cc4n3c12. The second kappa shape index (κ2) is 21.7. The molecule has 0 spiro atoms. The van der Waals surface area contributed by atoms with Crippen LogP contribution >= 0.6 is 0 Å². The van der Waals surface area contributed by atoms with Crippen molar-refractivity contribution >= 4 is 239 Å². The van der Waals surface area contributed by atoms with Gasteiger partial charge in [0.2, 0.25) is 0 Å². The summed E-state index contributed by atoms with van der Waals surface area (Å²) in [5, 5.41) is 42.3. The van der Waals surface area contributed by atoms with Crippen LogP contribution in [0.25, 0.3) is 239 Å². The summed E-state index contributed by atoms with van der Waals surface area (Å²) in [7, 11) is 0. The van der Waals surface area contributed by atoms with Crippen molar-refractivity contribution in [2.45, 2.75) is 0 Å². The Balaban J connectivity index is 0.0000000827. The van der Waals surface area contributed by atoms with Gasteiger partial charge in [0.1, 0.15) is 0 Å². The van der Waals surface area contributed by atoms with Gasteiger partial charge >= 0.3 is 0 Å². The van der Waals surface area contributed by atoms with Crippen LogP contribution in [0.3, 0.4) is 0 Å². The maximum absolute atomic E-state index is 2.51. The molecule has 0 N–H and O–H groups in total. The molecule has 108 heavy (non-hydrogen) atoms. The van der Waals surface area contributed by atoms with E-state index < -0.39 is 0 Å². The largest absolute Gasteiger partial charge is 0.308 e. The molecule has 0 aliphatic heterocycles. The summed E-state index contributed by atoms with van der Waals surface area (Å²) in [6.45, 7) is 0. The minimum Gasteiger partial charge on any atom is -0.308 e. The van der Waals surface area contributed by atoms with Crippen molar-refractivity contribution in [3.63, 3.8) is 0 Å². The van der Waals surface area contributed by atoms with Crippen molar-refractivity contribution in [1.82, 2.24) is 17.6 Å². The first kappa shape index (κ1) is 58.1. The summed E-state index contributed by atoms with van der Waals surface area (Å²) in [5.74, 6) is 0. The summed E-state index contributed by atoms with van der Waals surface area (Å²) in [6.07, 6.45) is 0. The van der Waals surface area contributed by atoms with Crippen LogP contribution in [-0.4, -0.2) is 17.6 Å². The van der Waals surface area contributed by atoms with Crippen molar-refractivity contribution in [3.8, 4) is 0 Å². The van der Waals surface area contributed by atoms with E-state index in [1.54, 1.807) is 0 Å². The first-order valence-electron chi connectivity index (χ1n) is 37.6. The Bertz CT molecular complexity index is 7610. The summed E-state index contributed by atoms with van der Waals surface area (Å²) in [5.41, 5.74) is 15.9. The maximum atomic E-state index is 2.51. The average Bonchev–Trinajstić information content (AvgIpc) is 1.55. The summed E-state index contributed by atoms with van der Waals surface area (Å²) < 4.78 is 10.0. The molecule has 0 atom stereocenters. The highest BCUT2D eigenvalue weighted by Crippen LogP contribution is 2.49. The lowest BCUT2D eigenvalue weighted by molar-refractivity contribution is 1.38. The van der Waals surface area contributed by atoms with E-state index in [1.807, 2.05) is 0 Å². The number of hydrogen-bond donors (Lipinski definition) is 0. The van der Waals surface area contributed by atoms with Crippen LogP contribution in [0.15, 0.2) is 364 Å². The molecule has 4 heteroatoms. The van der Waals surface area contributed by atoms with Crippen molar-refractivity contribution < 1.29 is 0 Å². The highest BCUT2D eigenvalue weighted by atomic mass is 14.9. The smallest absolute Gasteiger partial charge is 0.0621 e. The molecule has 496 valence electrons. The highest BCUT2D eigenvalue weighted by molar-refractivity contribution is 6.34. The van der Waals surface area contributed by atoms with E-state index in [9.17, 15) is 0 Å². The zero-order valence-electron chi connectivity index (χ0n) is 58.4. The number of rotatable bonds is 0. The summed E-state index contributed by atoms with van der Waals surface area (Å²) in [4.78, 5) is 0. The fourth-order valence-electron chi connectivity index (χ4n) is 19.8. The molecule has 20 aromatic carbocycles. The second-order valence-electron chi connectivity index (χ2n) is 29.7. The third-order valence-corrected chi connectivity index (χ3v) is 24.3. The zero-order valence-corrected chi connectivity index (χ0v) is 58.4. The fourth-order valence-corrected chi connectivity index (χ4v) is 19.8. The average molecular weight is 1370 g/mol. The molecule has 0 saturated heterocycles. The quantitative estimate of drug-likeness (QED) is 0.144. The van der Waals surface area contributed by atoms with Crippen molar-refractivity contribution in [2.24, 2.45) is 0 Å². The number of benzene rings is 20. The maximum Gasteiger partial charge on any atom is 0.0621 e. The summed E-state index contributed by atoms with van der Waals surface area (Å²) >= 11 is 0. The normalized spacial score (nSPS) is 12.4. The molecule has 0 unspecified atom stereocenters. The number of nitrogens with zero attached hydrogens (tertiary/aromatic N) is 4. The molecule has 8 aromatic heterocycles. The van der Waals surface area contributed by atoms with Crippen LogP contribution in [0.4, 0.5) is 0 Å². The Morgan fingerprint density at radius 1 is 0.102 bits per heavy atom. The van der Waals surface area contributed by atoms with Gasteiger partial charge in [-0.1, -0.05) is 340 Å². The van der Waals surface area contributed by atoms with Gasteiger partial charge in [0, 0.05) is 118 Å². The van der Waals surface area contributed by atoms with Crippen LogP contribution in [0.5, 0.6) is 0 Å². The second-order valence-corrected chi connectivity index (χ2v) is 29.7. The standard InChI is InChI=1S/4C26H15N/c1-3-8-18-14-24-22(12-16(18)6-1)20-10-5-11-21-23-13-17-7-2-4-9-19(17)15-25(23)27(24)26(20)21;3*1-3-8-18-16(6-1)12-14-22-20-10-5-11-21-23-15-13-17-7-2-4-9-19(17)25(23)27(24(18)22)26(20)21/h4*1-15H. The Morgan fingerprint density at radius 3 is 0.491 bits per heavy atom. The van der Waals surface area contributed by atoms with Crippen LogP contribution < -0.4 is 0 Å². The van der Waals surface area contributed by atoms with E-state index in [-0.39, 0.29) is 0 Å². The lowest BCUT2D eigenvalue weighted by atomic mass is 10.0. The first-order chi connectivity index (χ1) is 53.6. The molecule has 0 amide bonds. The van der Waals surface area contributed by atoms with Crippen molar-refractivity contribution in [3.05, 3.63) is 364 Å². The van der Waals surface area contributed by atoms with Gasteiger partial charge in [-0.05, 0) is 78.1 Å². The zero-order chi connectivity index (χ0) is 70.1. The van der Waals surface area contributed by atoms with Gasteiger partial charge in [-0.25, -0.2) is 0 Å². The predicted molar refractivity (Wildman–Crippen MR) is 464 cm³/mol. The molecule has 0 aliphatic rings.